The Kier molecular flexibility index (Phi) is 5.40. The van der Waals surface area contributed by atoms with Crippen LogP contribution < -0.4 is 4.90 Å². The van der Waals surface area contributed by atoms with Crippen LogP contribution in [-0.2, 0) is 0 Å². The van der Waals surface area contributed by atoms with Crippen LogP contribution >= 0.6 is 27.5 Å². The third-order valence-electron chi connectivity index (χ3n) is 2.20. The minimum absolute atomic E-state index is 0.636. The molecule has 1 heterocycles. The molecule has 0 saturated carbocycles. The zero-order chi connectivity index (χ0) is 11.3. The molecule has 0 saturated heterocycles. The Morgan fingerprint density at radius 2 is 2.20 bits per heavy atom. The van der Waals surface area contributed by atoms with Crippen molar-refractivity contribution in [1.29, 1.82) is 0 Å². The molecule has 0 bridgehead atoms. The number of alkyl halides is 1. The molecule has 84 valence electrons. The highest BCUT2D eigenvalue weighted by molar-refractivity contribution is 9.10. The Balaban J connectivity index is 2.85. The van der Waals surface area contributed by atoms with E-state index in [1.165, 1.54) is 5.56 Å². The van der Waals surface area contributed by atoms with Crippen LogP contribution in [0.4, 0.5) is 5.82 Å². The van der Waals surface area contributed by atoms with E-state index in [2.05, 4.69) is 45.7 Å². The molecule has 0 radical (unpaired) electrons. The smallest absolute Gasteiger partial charge is 0.128 e. The van der Waals surface area contributed by atoms with Gasteiger partial charge in [-0.25, -0.2) is 4.98 Å². The molecule has 1 aromatic heterocycles. The molecule has 1 rings (SSSR count). The number of aromatic nitrogens is 1. The van der Waals surface area contributed by atoms with Gasteiger partial charge in [-0.05, 0) is 40.9 Å². The van der Waals surface area contributed by atoms with Crippen molar-refractivity contribution in [2.75, 3.05) is 23.9 Å². The van der Waals surface area contributed by atoms with E-state index in [1.807, 2.05) is 6.20 Å². The monoisotopic (exact) mass is 290 g/mol. The van der Waals surface area contributed by atoms with Crippen molar-refractivity contribution in [1.82, 2.24) is 4.98 Å². The first-order valence-electron chi connectivity index (χ1n) is 5.12. The van der Waals surface area contributed by atoms with Crippen LogP contribution in [0.2, 0.25) is 0 Å². The van der Waals surface area contributed by atoms with Crippen molar-refractivity contribution < 1.29 is 0 Å². The maximum absolute atomic E-state index is 5.77. The van der Waals surface area contributed by atoms with Crippen LogP contribution in [0.25, 0.3) is 0 Å². The molecule has 0 aromatic carbocycles. The number of hydrogen-bond acceptors (Lipinski definition) is 2. The lowest BCUT2D eigenvalue weighted by atomic mass is 10.3. The normalized spacial score (nSPS) is 10.4. The first-order valence-corrected chi connectivity index (χ1v) is 6.44. The summed E-state index contributed by atoms with van der Waals surface area (Å²) < 4.78 is 1.05. The van der Waals surface area contributed by atoms with Gasteiger partial charge in [0.25, 0.3) is 0 Å². The minimum Gasteiger partial charge on any atom is -0.355 e. The fourth-order valence-electron chi connectivity index (χ4n) is 1.41. The van der Waals surface area contributed by atoms with Crippen molar-refractivity contribution >= 4 is 33.3 Å². The highest BCUT2D eigenvalue weighted by atomic mass is 79.9. The van der Waals surface area contributed by atoms with Crippen molar-refractivity contribution in [3.05, 3.63) is 22.3 Å². The summed E-state index contributed by atoms with van der Waals surface area (Å²) in [6.45, 7) is 6.08. The summed E-state index contributed by atoms with van der Waals surface area (Å²) in [6.07, 6.45) is 2.95. The summed E-state index contributed by atoms with van der Waals surface area (Å²) in [5.41, 5.74) is 1.20. The molecule has 15 heavy (non-hydrogen) atoms. The first-order chi connectivity index (χ1) is 7.19. The Morgan fingerprint density at radius 3 is 2.73 bits per heavy atom. The molecule has 0 aliphatic rings. The average Bonchev–Trinajstić information content (AvgIpc) is 2.22. The predicted molar refractivity (Wildman–Crippen MR) is 69.9 cm³/mol. The molecule has 0 aliphatic carbocycles. The predicted octanol–water partition coefficient (Wildman–Crippen LogP) is 3.61. The van der Waals surface area contributed by atoms with E-state index >= 15 is 0 Å². The van der Waals surface area contributed by atoms with Crippen molar-refractivity contribution in [3.8, 4) is 0 Å². The van der Waals surface area contributed by atoms with Gasteiger partial charge in [0.15, 0.2) is 0 Å². The summed E-state index contributed by atoms with van der Waals surface area (Å²) in [5.74, 6) is 1.65. The van der Waals surface area contributed by atoms with Gasteiger partial charge in [0, 0.05) is 29.6 Å². The van der Waals surface area contributed by atoms with E-state index in [0.717, 1.165) is 29.8 Å². The Morgan fingerprint density at radius 1 is 1.47 bits per heavy atom. The van der Waals surface area contributed by atoms with Gasteiger partial charge in [-0.15, -0.1) is 11.6 Å². The first kappa shape index (κ1) is 12.8. The fraction of sp³-hybridized carbons (Fsp3) is 0.545. The van der Waals surface area contributed by atoms with E-state index in [-0.39, 0.29) is 0 Å². The van der Waals surface area contributed by atoms with Crippen molar-refractivity contribution in [2.24, 2.45) is 0 Å². The maximum Gasteiger partial charge on any atom is 0.128 e. The quantitative estimate of drug-likeness (QED) is 0.771. The topological polar surface area (TPSA) is 16.1 Å². The van der Waals surface area contributed by atoms with Gasteiger partial charge in [-0.1, -0.05) is 6.92 Å². The van der Waals surface area contributed by atoms with E-state index in [4.69, 9.17) is 11.6 Å². The molecule has 0 spiro atoms. The summed E-state index contributed by atoms with van der Waals surface area (Å²) in [4.78, 5) is 6.61. The van der Waals surface area contributed by atoms with Crippen molar-refractivity contribution in [2.45, 2.75) is 20.3 Å². The zero-order valence-electron chi connectivity index (χ0n) is 9.13. The van der Waals surface area contributed by atoms with Gasteiger partial charge in [-0.2, -0.15) is 0 Å². The lowest BCUT2D eigenvalue weighted by Crippen LogP contribution is -2.27. The average molecular weight is 292 g/mol. The van der Waals surface area contributed by atoms with E-state index < -0.39 is 0 Å². The van der Waals surface area contributed by atoms with E-state index in [0.29, 0.717) is 5.88 Å². The van der Waals surface area contributed by atoms with E-state index in [1.54, 1.807) is 0 Å². The van der Waals surface area contributed by atoms with Gasteiger partial charge in [0.05, 0.1) is 0 Å². The molecule has 2 nitrogen and oxygen atoms in total. The molecule has 0 N–H and O–H groups in total. The standard InChI is InChI=1S/C11H16BrClN2/c1-3-5-15(6-4-13)11-7-9(2)10(12)8-14-11/h7-8H,3-6H2,1-2H3. The number of anilines is 1. The third kappa shape index (κ3) is 3.65. The SMILES string of the molecule is CCCN(CCCl)c1cc(C)c(Br)cn1. The second kappa shape index (κ2) is 6.33. The van der Waals surface area contributed by atoms with Crippen LogP contribution in [0.5, 0.6) is 0 Å². The zero-order valence-corrected chi connectivity index (χ0v) is 11.5. The van der Waals surface area contributed by atoms with Gasteiger partial charge in [0.2, 0.25) is 0 Å². The highest BCUT2D eigenvalue weighted by Crippen LogP contribution is 2.20. The number of aryl methyl sites for hydroxylation is 1. The van der Waals surface area contributed by atoms with Gasteiger partial charge >= 0.3 is 0 Å². The molecule has 0 amide bonds. The van der Waals surface area contributed by atoms with Gasteiger partial charge in [-0.3, -0.25) is 0 Å². The summed E-state index contributed by atoms with van der Waals surface area (Å²) in [7, 11) is 0. The van der Waals surface area contributed by atoms with Crippen LogP contribution in [0.3, 0.4) is 0 Å². The van der Waals surface area contributed by atoms with E-state index in [9.17, 15) is 0 Å². The second-order valence-corrected chi connectivity index (χ2v) is 4.70. The largest absolute Gasteiger partial charge is 0.355 e. The number of hydrogen-bond donors (Lipinski definition) is 0. The summed E-state index contributed by atoms with van der Waals surface area (Å²) in [6, 6.07) is 2.09. The van der Waals surface area contributed by atoms with Crippen LogP contribution in [0, 0.1) is 6.92 Å². The number of rotatable bonds is 5. The molecular weight excluding hydrogens is 275 g/mol. The summed E-state index contributed by atoms with van der Waals surface area (Å²) >= 11 is 9.22. The Labute approximate surface area is 105 Å². The van der Waals surface area contributed by atoms with Gasteiger partial charge in [0.1, 0.15) is 5.82 Å². The fourth-order valence-corrected chi connectivity index (χ4v) is 1.83. The minimum atomic E-state index is 0.636. The third-order valence-corrected chi connectivity index (χ3v) is 3.20. The molecule has 1 aromatic rings. The lowest BCUT2D eigenvalue weighted by Gasteiger charge is -2.22. The number of nitrogens with zero attached hydrogens (tertiary/aromatic N) is 2. The molecule has 0 aliphatic heterocycles. The number of pyridine rings is 1. The van der Waals surface area contributed by atoms with Crippen LogP contribution in [-0.4, -0.2) is 24.0 Å². The molecule has 0 unspecified atom stereocenters. The van der Waals surface area contributed by atoms with Crippen molar-refractivity contribution in [3.63, 3.8) is 0 Å². The van der Waals surface area contributed by atoms with Gasteiger partial charge < -0.3 is 4.90 Å². The highest BCUT2D eigenvalue weighted by Gasteiger charge is 2.07. The molecule has 4 heteroatoms. The maximum atomic E-state index is 5.77. The van der Waals surface area contributed by atoms with Crippen LogP contribution in [0.15, 0.2) is 16.7 Å². The number of halogens is 2. The second-order valence-electron chi connectivity index (χ2n) is 3.47. The molecule has 0 fully saturated rings. The Hall–Kier alpha value is -0.280. The van der Waals surface area contributed by atoms with Crippen LogP contribution in [0.1, 0.15) is 18.9 Å². The Bertz CT molecular complexity index is 311. The molecular formula is C11H16BrClN2. The summed E-state index contributed by atoms with van der Waals surface area (Å²) in [5, 5.41) is 0. The lowest BCUT2D eigenvalue weighted by molar-refractivity contribution is 0.780. The molecule has 0 atom stereocenters.